The Morgan fingerprint density at radius 1 is 0.621 bits per heavy atom. The van der Waals surface area contributed by atoms with Crippen molar-refractivity contribution in [2.24, 2.45) is 0 Å². The van der Waals surface area contributed by atoms with Gasteiger partial charge in [0.25, 0.3) is 0 Å². The molecule has 2 amide bonds. The van der Waals surface area contributed by atoms with E-state index in [4.69, 9.17) is 18.9 Å². The Morgan fingerprint density at radius 3 is 1.83 bits per heavy atom. The van der Waals surface area contributed by atoms with Crippen LogP contribution in [0, 0.1) is 0 Å². The zero-order valence-electron chi connectivity index (χ0n) is 31.7. The van der Waals surface area contributed by atoms with Crippen molar-refractivity contribution in [2.75, 3.05) is 26.7 Å². The van der Waals surface area contributed by atoms with E-state index in [9.17, 15) is 9.59 Å². The van der Waals surface area contributed by atoms with Gasteiger partial charge in [-0.25, -0.2) is 0 Å². The summed E-state index contributed by atoms with van der Waals surface area (Å²) in [5, 5.41) is 2.39. The van der Waals surface area contributed by atoms with E-state index in [0.29, 0.717) is 48.9 Å². The molecule has 4 aliphatic heterocycles. The number of benzene rings is 5. The van der Waals surface area contributed by atoms with Gasteiger partial charge in [0.1, 0.15) is 0 Å². The van der Waals surface area contributed by atoms with Crippen LogP contribution in [-0.2, 0) is 28.9 Å². The number of aryl methyl sites for hydroxylation is 1. The van der Waals surface area contributed by atoms with Crippen LogP contribution in [0.4, 0.5) is 0 Å². The van der Waals surface area contributed by atoms with Gasteiger partial charge in [0.2, 0.25) is 25.4 Å². The summed E-state index contributed by atoms with van der Waals surface area (Å²) in [6.07, 6.45) is 5.98. The number of ether oxygens (including phenoxy) is 4. The molecule has 2 aromatic heterocycles. The average molecular weight is 769 g/mol. The van der Waals surface area contributed by atoms with Crippen LogP contribution in [0.15, 0.2) is 115 Å². The van der Waals surface area contributed by atoms with Crippen molar-refractivity contribution in [2.45, 2.75) is 37.8 Å². The first-order chi connectivity index (χ1) is 28.6. The lowest BCUT2D eigenvalue weighted by atomic mass is 9.91. The predicted molar refractivity (Wildman–Crippen MR) is 220 cm³/mol. The number of nitrogens with zero attached hydrogens (tertiary/aromatic N) is 2. The molecule has 58 heavy (non-hydrogen) atoms. The number of rotatable bonds is 7. The second-order valence-electron chi connectivity index (χ2n) is 15.4. The fourth-order valence-corrected chi connectivity index (χ4v) is 9.36. The molecule has 0 saturated carbocycles. The van der Waals surface area contributed by atoms with E-state index in [1.807, 2.05) is 82.6 Å². The second kappa shape index (κ2) is 13.9. The molecule has 0 bridgehead atoms. The Labute approximate surface area is 334 Å². The average Bonchev–Trinajstić information content (AvgIpc) is 4.08. The number of hydrogen-bond acceptors (Lipinski definition) is 6. The van der Waals surface area contributed by atoms with E-state index in [1.54, 1.807) is 6.08 Å². The van der Waals surface area contributed by atoms with Crippen molar-refractivity contribution >= 4 is 39.7 Å². The van der Waals surface area contributed by atoms with Crippen LogP contribution in [0.1, 0.15) is 63.3 Å². The second-order valence-corrected chi connectivity index (χ2v) is 15.4. The maximum atomic E-state index is 14.2. The van der Waals surface area contributed by atoms with Gasteiger partial charge < -0.3 is 38.7 Å². The third kappa shape index (κ3) is 5.86. The molecule has 10 nitrogen and oxygen atoms in total. The lowest BCUT2D eigenvalue weighted by Crippen LogP contribution is -2.40. The fourth-order valence-electron chi connectivity index (χ4n) is 9.36. The Kier molecular flexibility index (Phi) is 8.23. The molecule has 0 fully saturated rings. The number of amides is 2. The number of nitrogens with one attached hydrogen (secondary N) is 2. The summed E-state index contributed by atoms with van der Waals surface area (Å²) in [6, 6.07) is 36.1. The highest BCUT2D eigenvalue weighted by molar-refractivity contribution is 5.94. The number of carbonyl (C=O) groups excluding carboxylic acids is 2. The van der Waals surface area contributed by atoms with Crippen molar-refractivity contribution in [3.63, 3.8) is 0 Å². The highest BCUT2D eigenvalue weighted by Gasteiger charge is 2.36. The Bertz CT molecular complexity index is 2800. The van der Waals surface area contributed by atoms with Crippen LogP contribution in [0.3, 0.4) is 0 Å². The number of aromatic amines is 2. The summed E-state index contributed by atoms with van der Waals surface area (Å²) >= 11 is 0. The Balaban J connectivity index is 0.830. The lowest BCUT2D eigenvalue weighted by molar-refractivity contribution is -0.133. The van der Waals surface area contributed by atoms with E-state index in [-0.39, 0.29) is 37.5 Å². The zero-order valence-corrected chi connectivity index (χ0v) is 31.7. The van der Waals surface area contributed by atoms with E-state index in [1.165, 1.54) is 21.9 Å². The number of aromatic nitrogens is 2. The molecular formula is C48H40N4O6. The van der Waals surface area contributed by atoms with Crippen molar-refractivity contribution in [3.8, 4) is 23.0 Å². The molecule has 0 saturated heterocycles. The van der Waals surface area contributed by atoms with E-state index < -0.39 is 0 Å². The normalized spacial score (nSPS) is 17.9. The Morgan fingerprint density at radius 2 is 1.19 bits per heavy atom. The molecule has 2 N–H and O–H groups in total. The molecule has 7 aromatic rings. The maximum Gasteiger partial charge on any atom is 0.247 e. The van der Waals surface area contributed by atoms with Crippen molar-refractivity contribution in [1.82, 2.24) is 19.8 Å². The molecule has 288 valence electrons. The molecule has 2 unspecified atom stereocenters. The molecule has 0 radical (unpaired) electrons. The molecule has 0 aliphatic carbocycles. The molecule has 2 atom stereocenters. The zero-order chi connectivity index (χ0) is 38.7. The third-order valence-corrected chi connectivity index (χ3v) is 12.1. The monoisotopic (exact) mass is 768 g/mol. The lowest BCUT2D eigenvalue weighted by Gasteiger charge is -2.36. The summed E-state index contributed by atoms with van der Waals surface area (Å²) < 4.78 is 22.7. The van der Waals surface area contributed by atoms with Gasteiger partial charge in [0.15, 0.2) is 23.0 Å². The molecule has 11 rings (SSSR count). The highest BCUT2D eigenvalue weighted by Crippen LogP contribution is 2.44. The first kappa shape index (κ1) is 34.3. The smallest absolute Gasteiger partial charge is 0.247 e. The number of fused-ring (bicyclic) bond motifs is 8. The number of H-pyrrole nitrogens is 2. The molecule has 6 heterocycles. The van der Waals surface area contributed by atoms with Crippen molar-refractivity contribution < 1.29 is 28.5 Å². The topological polar surface area (TPSA) is 109 Å². The van der Waals surface area contributed by atoms with Gasteiger partial charge in [-0.1, -0.05) is 72.8 Å². The van der Waals surface area contributed by atoms with E-state index in [2.05, 4.69) is 52.4 Å². The molecule has 5 aromatic carbocycles. The minimum absolute atomic E-state index is 0.0800. The molecule has 0 spiro atoms. The molecular weight excluding hydrogens is 729 g/mol. The number of carbonyl (C=O) groups is 2. The maximum absolute atomic E-state index is 14.2. The minimum Gasteiger partial charge on any atom is -0.454 e. The number of para-hydroxylation sites is 2. The quantitative estimate of drug-likeness (QED) is 0.158. The van der Waals surface area contributed by atoms with Crippen molar-refractivity contribution in [3.05, 3.63) is 160 Å². The van der Waals surface area contributed by atoms with Crippen LogP contribution in [0.5, 0.6) is 23.0 Å². The summed E-state index contributed by atoms with van der Waals surface area (Å²) in [5.74, 6) is 2.81. The van der Waals surface area contributed by atoms with Crippen LogP contribution in [-0.4, -0.2) is 58.3 Å². The van der Waals surface area contributed by atoms with E-state index in [0.717, 1.165) is 57.5 Å². The van der Waals surface area contributed by atoms with Crippen molar-refractivity contribution in [1.29, 1.82) is 0 Å². The summed E-state index contributed by atoms with van der Waals surface area (Å²) in [4.78, 5) is 39.6. The Hall–Kier alpha value is -6.94. The summed E-state index contributed by atoms with van der Waals surface area (Å²) in [5.41, 5.74) is 10.6. The van der Waals surface area contributed by atoms with E-state index >= 15 is 0 Å². The molecule has 4 aliphatic rings. The summed E-state index contributed by atoms with van der Waals surface area (Å²) in [7, 11) is 0. The minimum atomic E-state index is -0.322. The first-order valence-corrected chi connectivity index (χ1v) is 19.9. The first-order valence-electron chi connectivity index (χ1n) is 19.9. The van der Waals surface area contributed by atoms with Crippen LogP contribution in [0.2, 0.25) is 0 Å². The standard InChI is InChI=1S/C48H40N4O6/c53-43(51-22-20-35-33-8-1-3-10-37(33)49-45(35)47(51)31-14-16-39-41(25-31)57-27-55-39)18-12-29-6-5-7-30(24-29)13-19-44(54)52-23-21-36-34-9-2-4-11-38(34)50-46(36)48(52)32-15-17-40-42(26-32)58-28-56-40/h1-12,14-18,24-26,47-50H,13,19-23,27-28H2. The van der Waals surface area contributed by atoms with Gasteiger partial charge in [0, 0.05) is 58.8 Å². The predicted octanol–water partition coefficient (Wildman–Crippen LogP) is 8.40. The largest absolute Gasteiger partial charge is 0.454 e. The van der Waals surface area contributed by atoms with Crippen LogP contribution in [0.25, 0.3) is 27.9 Å². The summed E-state index contributed by atoms with van der Waals surface area (Å²) in [6.45, 7) is 1.56. The fraction of sp³-hybridized carbons (Fsp3) is 0.208. The van der Waals surface area contributed by atoms with Gasteiger partial charge in [-0.2, -0.15) is 0 Å². The van der Waals surface area contributed by atoms with Gasteiger partial charge in [-0.3, -0.25) is 9.59 Å². The number of hydrogen-bond donors (Lipinski definition) is 2. The molecule has 10 heteroatoms. The van der Waals surface area contributed by atoms with Gasteiger partial charge >= 0.3 is 0 Å². The van der Waals surface area contributed by atoms with Gasteiger partial charge in [-0.05, 0) is 95.1 Å². The van der Waals surface area contributed by atoms with Crippen LogP contribution < -0.4 is 18.9 Å². The van der Waals surface area contributed by atoms with Gasteiger partial charge in [0.05, 0.1) is 12.1 Å². The SMILES string of the molecule is O=C(C=Cc1cccc(CCC(=O)N2CCc3c([nH]c4ccccc34)C2c2ccc3c(c2)OCO3)c1)N1CCc2c([nH]c3ccccc23)C1c1ccc2c(c1)OCO2. The third-order valence-electron chi connectivity index (χ3n) is 12.1. The van der Waals surface area contributed by atoms with Gasteiger partial charge in [-0.15, -0.1) is 0 Å². The van der Waals surface area contributed by atoms with Crippen LogP contribution >= 0.6 is 0 Å². The highest BCUT2D eigenvalue weighted by atomic mass is 16.7.